The van der Waals surface area contributed by atoms with Gasteiger partial charge in [0.2, 0.25) is 11.7 Å². The molecule has 0 radical (unpaired) electrons. The Hall–Kier alpha value is -2.08. The lowest BCUT2D eigenvalue weighted by Gasteiger charge is -2.16. The Labute approximate surface area is 121 Å². The number of hydrogen-bond acceptors (Lipinski definition) is 5. The Morgan fingerprint density at radius 2 is 2.10 bits per heavy atom. The predicted molar refractivity (Wildman–Crippen MR) is 76.7 cm³/mol. The van der Waals surface area contributed by atoms with Crippen LogP contribution in [-0.4, -0.2) is 48.6 Å². The molecule has 1 aromatic carbocycles. The van der Waals surface area contributed by atoms with E-state index in [1.807, 2.05) is 12.1 Å². The van der Waals surface area contributed by atoms with E-state index in [4.69, 9.17) is 16.1 Å². The monoisotopic (exact) mass is 294 g/mol. The summed E-state index contributed by atoms with van der Waals surface area (Å²) in [5, 5.41) is 4.49. The maximum Gasteiger partial charge on any atom is 0.324 e. The smallest absolute Gasteiger partial charge is 0.324 e. The van der Waals surface area contributed by atoms with Crippen LogP contribution in [0.2, 0.25) is 5.02 Å². The maximum absolute atomic E-state index is 11.6. The molecule has 0 aliphatic heterocycles. The summed E-state index contributed by atoms with van der Waals surface area (Å²) in [6.45, 7) is 0.171. The molecular weight excluding hydrogens is 280 g/mol. The van der Waals surface area contributed by atoms with E-state index >= 15 is 0 Å². The van der Waals surface area contributed by atoms with E-state index in [1.165, 1.54) is 4.90 Å². The Bertz CT molecular complexity index is 612. The molecule has 2 rings (SSSR count). The molecule has 1 aromatic heterocycles. The molecule has 2 aromatic rings. The Balaban J connectivity index is 2.14. The van der Waals surface area contributed by atoms with Crippen molar-refractivity contribution in [3.63, 3.8) is 0 Å². The Morgan fingerprint density at radius 1 is 1.35 bits per heavy atom. The van der Waals surface area contributed by atoms with E-state index in [9.17, 15) is 4.79 Å². The van der Waals surface area contributed by atoms with Gasteiger partial charge in [-0.15, -0.1) is 0 Å². The van der Waals surface area contributed by atoms with Gasteiger partial charge < -0.3 is 14.3 Å². The minimum Gasteiger partial charge on any atom is -0.347 e. The van der Waals surface area contributed by atoms with Gasteiger partial charge in [-0.1, -0.05) is 28.9 Å². The van der Waals surface area contributed by atoms with Gasteiger partial charge in [0.25, 0.3) is 0 Å². The summed E-state index contributed by atoms with van der Waals surface area (Å²) in [6, 6.07) is 7.46. The zero-order valence-electron chi connectivity index (χ0n) is 11.5. The first-order chi connectivity index (χ1) is 9.47. The molecule has 0 unspecified atom stereocenters. The van der Waals surface area contributed by atoms with Crippen molar-refractivity contribution in [2.24, 2.45) is 0 Å². The molecule has 7 heteroatoms. The van der Waals surface area contributed by atoms with Crippen LogP contribution in [0.4, 0.5) is 6.01 Å². The van der Waals surface area contributed by atoms with E-state index in [0.29, 0.717) is 10.8 Å². The molecule has 0 N–H and O–H groups in total. The first-order valence-electron chi connectivity index (χ1n) is 5.98. The van der Waals surface area contributed by atoms with Crippen molar-refractivity contribution >= 4 is 23.5 Å². The normalized spacial score (nSPS) is 10.4. The van der Waals surface area contributed by atoms with Gasteiger partial charge in [0, 0.05) is 31.7 Å². The molecule has 20 heavy (non-hydrogen) atoms. The van der Waals surface area contributed by atoms with Gasteiger partial charge in [-0.2, -0.15) is 4.98 Å². The molecule has 0 aliphatic carbocycles. The summed E-state index contributed by atoms with van der Waals surface area (Å²) in [6.07, 6.45) is 0. The van der Waals surface area contributed by atoms with Crippen LogP contribution in [0.1, 0.15) is 0 Å². The van der Waals surface area contributed by atoms with Crippen LogP contribution >= 0.6 is 11.6 Å². The van der Waals surface area contributed by atoms with Crippen LogP contribution in [0.15, 0.2) is 28.8 Å². The minimum atomic E-state index is -0.0463. The summed E-state index contributed by atoms with van der Waals surface area (Å²) >= 11 is 5.92. The summed E-state index contributed by atoms with van der Waals surface area (Å²) < 4.78 is 5.15. The first kappa shape index (κ1) is 14.3. The second kappa shape index (κ2) is 5.92. The molecule has 1 amide bonds. The van der Waals surface area contributed by atoms with Gasteiger partial charge >= 0.3 is 6.01 Å². The zero-order valence-corrected chi connectivity index (χ0v) is 12.3. The SMILES string of the molecule is CN(C)C(=O)CN(C)c1nc(-c2cccc(Cl)c2)no1. The van der Waals surface area contributed by atoms with E-state index in [1.54, 1.807) is 38.2 Å². The van der Waals surface area contributed by atoms with E-state index in [-0.39, 0.29) is 18.5 Å². The van der Waals surface area contributed by atoms with Gasteiger partial charge in [-0.25, -0.2) is 0 Å². The fourth-order valence-electron chi connectivity index (χ4n) is 1.53. The second-order valence-electron chi connectivity index (χ2n) is 4.56. The van der Waals surface area contributed by atoms with Crippen LogP contribution in [0, 0.1) is 0 Å². The standard InChI is InChI=1S/C13H15ClN4O2/c1-17(2)11(19)8-18(3)13-15-12(16-20-13)9-5-4-6-10(14)7-9/h4-7H,8H2,1-3H3. The van der Waals surface area contributed by atoms with Crippen LogP contribution in [0.3, 0.4) is 0 Å². The third kappa shape index (κ3) is 3.27. The third-order valence-corrected chi connectivity index (χ3v) is 2.93. The average Bonchev–Trinajstić information content (AvgIpc) is 2.88. The highest BCUT2D eigenvalue weighted by Crippen LogP contribution is 2.22. The largest absolute Gasteiger partial charge is 0.347 e. The van der Waals surface area contributed by atoms with Gasteiger partial charge in [-0.05, 0) is 12.1 Å². The van der Waals surface area contributed by atoms with E-state index < -0.39 is 0 Å². The maximum atomic E-state index is 11.6. The van der Waals surface area contributed by atoms with Crippen molar-refractivity contribution in [1.29, 1.82) is 0 Å². The fourth-order valence-corrected chi connectivity index (χ4v) is 1.72. The lowest BCUT2D eigenvalue weighted by Crippen LogP contribution is -2.34. The predicted octanol–water partition coefficient (Wildman–Crippen LogP) is 1.91. The molecule has 0 aliphatic rings. The van der Waals surface area contributed by atoms with Crippen molar-refractivity contribution in [3.8, 4) is 11.4 Å². The summed E-state index contributed by atoms with van der Waals surface area (Å²) in [7, 11) is 5.11. The van der Waals surface area contributed by atoms with Crippen molar-refractivity contribution in [2.75, 3.05) is 32.6 Å². The topological polar surface area (TPSA) is 62.5 Å². The van der Waals surface area contributed by atoms with Crippen LogP contribution in [-0.2, 0) is 4.79 Å². The summed E-state index contributed by atoms with van der Waals surface area (Å²) in [4.78, 5) is 19.0. The van der Waals surface area contributed by atoms with Gasteiger partial charge in [-0.3, -0.25) is 4.79 Å². The molecule has 0 atom stereocenters. The third-order valence-electron chi connectivity index (χ3n) is 2.70. The highest BCUT2D eigenvalue weighted by Gasteiger charge is 2.16. The number of carbonyl (C=O) groups is 1. The number of rotatable bonds is 4. The van der Waals surface area contributed by atoms with E-state index in [0.717, 1.165) is 5.56 Å². The van der Waals surface area contributed by atoms with Crippen LogP contribution in [0.5, 0.6) is 0 Å². The number of benzene rings is 1. The number of aromatic nitrogens is 2. The fraction of sp³-hybridized carbons (Fsp3) is 0.308. The number of nitrogens with zero attached hydrogens (tertiary/aromatic N) is 4. The minimum absolute atomic E-state index is 0.0463. The van der Waals surface area contributed by atoms with Crippen LogP contribution < -0.4 is 4.90 Å². The lowest BCUT2D eigenvalue weighted by atomic mass is 10.2. The van der Waals surface area contributed by atoms with Gasteiger partial charge in [0.15, 0.2) is 0 Å². The highest BCUT2D eigenvalue weighted by molar-refractivity contribution is 6.30. The zero-order chi connectivity index (χ0) is 14.7. The molecule has 106 valence electrons. The van der Waals surface area contributed by atoms with Crippen molar-refractivity contribution < 1.29 is 9.32 Å². The number of amides is 1. The highest BCUT2D eigenvalue weighted by atomic mass is 35.5. The quantitative estimate of drug-likeness (QED) is 0.862. The number of carbonyl (C=O) groups excluding carboxylic acids is 1. The molecule has 1 heterocycles. The summed E-state index contributed by atoms with van der Waals surface area (Å²) in [5.41, 5.74) is 0.764. The molecule has 0 saturated heterocycles. The first-order valence-corrected chi connectivity index (χ1v) is 6.36. The lowest BCUT2D eigenvalue weighted by molar-refractivity contribution is -0.127. The van der Waals surface area contributed by atoms with Crippen molar-refractivity contribution in [2.45, 2.75) is 0 Å². The molecular formula is C13H15ClN4O2. The van der Waals surface area contributed by atoms with Crippen molar-refractivity contribution in [3.05, 3.63) is 29.3 Å². The average molecular weight is 295 g/mol. The number of anilines is 1. The molecule has 0 bridgehead atoms. The number of hydrogen-bond donors (Lipinski definition) is 0. The molecule has 0 fully saturated rings. The van der Waals surface area contributed by atoms with Crippen LogP contribution in [0.25, 0.3) is 11.4 Å². The molecule has 0 spiro atoms. The number of halogens is 1. The number of likely N-dealkylation sites (N-methyl/N-ethyl adjacent to an activating group) is 2. The second-order valence-corrected chi connectivity index (χ2v) is 4.99. The summed E-state index contributed by atoms with van der Waals surface area (Å²) in [5.74, 6) is 0.390. The molecule has 0 saturated carbocycles. The van der Waals surface area contributed by atoms with Gasteiger partial charge in [0.1, 0.15) is 6.54 Å². The Morgan fingerprint density at radius 3 is 2.75 bits per heavy atom. The van der Waals surface area contributed by atoms with Gasteiger partial charge in [0.05, 0.1) is 0 Å². The van der Waals surface area contributed by atoms with E-state index in [2.05, 4.69) is 10.1 Å². The van der Waals surface area contributed by atoms with Crippen molar-refractivity contribution in [1.82, 2.24) is 15.0 Å². The molecule has 6 nitrogen and oxygen atoms in total. The Kier molecular flexibility index (Phi) is 4.24.